The first-order valence-electron chi connectivity index (χ1n) is 7.20. The van der Waals surface area contributed by atoms with Crippen molar-refractivity contribution >= 4 is 21.6 Å². The molecule has 0 saturated carbocycles. The van der Waals surface area contributed by atoms with Gasteiger partial charge in [0.15, 0.2) is 0 Å². The van der Waals surface area contributed by atoms with E-state index in [1.807, 2.05) is 0 Å². The van der Waals surface area contributed by atoms with Crippen molar-refractivity contribution in [3.05, 3.63) is 28.2 Å². The highest BCUT2D eigenvalue weighted by Gasteiger charge is 2.26. The molecule has 0 unspecified atom stereocenters. The molecule has 3 rings (SSSR count). The van der Waals surface area contributed by atoms with E-state index in [2.05, 4.69) is 56.2 Å². The number of benzene rings is 1. The van der Waals surface area contributed by atoms with Gasteiger partial charge in [-0.25, -0.2) is 0 Å². The smallest absolute Gasteiger partial charge is 0.0397 e. The highest BCUT2D eigenvalue weighted by molar-refractivity contribution is 9.10. The third kappa shape index (κ3) is 2.96. The fourth-order valence-corrected chi connectivity index (χ4v) is 3.52. The summed E-state index contributed by atoms with van der Waals surface area (Å²) in [6.07, 6.45) is 1.27. The Bertz CT molecular complexity index is 445. The number of hydrogen-bond acceptors (Lipinski definition) is 3. The van der Waals surface area contributed by atoms with Gasteiger partial charge in [0.1, 0.15) is 0 Å². The zero-order chi connectivity index (χ0) is 13.2. The molecule has 0 aliphatic carbocycles. The normalized spacial score (nSPS) is 22.1. The van der Waals surface area contributed by atoms with Gasteiger partial charge in [-0.1, -0.05) is 15.9 Å². The Labute approximate surface area is 124 Å². The summed E-state index contributed by atoms with van der Waals surface area (Å²) in [5, 5.41) is 3.38. The molecule has 19 heavy (non-hydrogen) atoms. The topological polar surface area (TPSA) is 18.5 Å². The van der Waals surface area contributed by atoms with E-state index in [4.69, 9.17) is 0 Å². The van der Waals surface area contributed by atoms with Crippen molar-refractivity contribution in [2.45, 2.75) is 19.4 Å². The van der Waals surface area contributed by atoms with Gasteiger partial charge in [-0.2, -0.15) is 0 Å². The summed E-state index contributed by atoms with van der Waals surface area (Å²) in [5.74, 6) is 0. The lowest BCUT2D eigenvalue weighted by Gasteiger charge is -2.37. The number of nitrogens with one attached hydrogen (secondary N) is 1. The van der Waals surface area contributed by atoms with E-state index in [9.17, 15) is 0 Å². The minimum absolute atomic E-state index is 0.783. The van der Waals surface area contributed by atoms with Crippen LogP contribution >= 0.6 is 15.9 Å². The summed E-state index contributed by atoms with van der Waals surface area (Å²) in [4.78, 5) is 5.21. The summed E-state index contributed by atoms with van der Waals surface area (Å²) in [6.45, 7) is 9.34. The molecule has 104 valence electrons. The molecular weight excluding hydrogens is 302 g/mol. The first-order chi connectivity index (χ1) is 9.24. The Balaban J connectivity index is 1.68. The molecule has 0 atom stereocenters. The molecule has 1 aromatic carbocycles. The van der Waals surface area contributed by atoms with E-state index in [1.165, 1.54) is 54.9 Å². The quantitative estimate of drug-likeness (QED) is 0.900. The lowest BCUT2D eigenvalue weighted by molar-refractivity contribution is 0.155. The van der Waals surface area contributed by atoms with Crippen molar-refractivity contribution in [3.8, 4) is 0 Å². The Morgan fingerprint density at radius 2 is 2.00 bits per heavy atom. The van der Waals surface area contributed by atoms with Crippen molar-refractivity contribution in [2.24, 2.45) is 0 Å². The summed E-state index contributed by atoms with van der Waals surface area (Å²) < 4.78 is 1.17. The SMILES string of the molecule is Cc1cc(Br)ccc1N1CCCN(C2CNC2)CC1. The summed E-state index contributed by atoms with van der Waals surface area (Å²) in [6, 6.07) is 7.40. The van der Waals surface area contributed by atoms with Gasteiger partial charge in [0.05, 0.1) is 0 Å². The third-order valence-electron chi connectivity index (χ3n) is 4.31. The largest absolute Gasteiger partial charge is 0.370 e. The fourth-order valence-electron chi connectivity index (χ4n) is 3.05. The van der Waals surface area contributed by atoms with E-state index in [0.29, 0.717) is 0 Å². The lowest BCUT2D eigenvalue weighted by atomic mass is 10.1. The predicted octanol–water partition coefficient (Wildman–Crippen LogP) is 2.24. The predicted molar refractivity (Wildman–Crippen MR) is 83.9 cm³/mol. The molecule has 2 heterocycles. The average molecular weight is 324 g/mol. The summed E-state index contributed by atoms with van der Waals surface area (Å²) in [7, 11) is 0. The molecule has 2 aliphatic rings. The van der Waals surface area contributed by atoms with Gasteiger partial charge in [0.2, 0.25) is 0 Å². The average Bonchev–Trinajstić information content (AvgIpc) is 2.53. The molecule has 0 amide bonds. The molecule has 0 aromatic heterocycles. The number of aryl methyl sites for hydroxylation is 1. The van der Waals surface area contributed by atoms with Gasteiger partial charge in [-0.05, 0) is 37.1 Å². The van der Waals surface area contributed by atoms with Crippen LogP contribution in [0.25, 0.3) is 0 Å². The highest BCUT2D eigenvalue weighted by atomic mass is 79.9. The van der Waals surface area contributed by atoms with Crippen LogP contribution in [0, 0.1) is 6.92 Å². The Morgan fingerprint density at radius 1 is 1.16 bits per heavy atom. The second kappa shape index (κ2) is 5.81. The monoisotopic (exact) mass is 323 g/mol. The number of anilines is 1. The highest BCUT2D eigenvalue weighted by Crippen LogP contribution is 2.25. The maximum atomic E-state index is 3.55. The Morgan fingerprint density at radius 3 is 2.68 bits per heavy atom. The Kier molecular flexibility index (Phi) is 4.10. The molecule has 0 spiro atoms. The van der Waals surface area contributed by atoms with Gasteiger partial charge in [-0.15, -0.1) is 0 Å². The molecule has 2 saturated heterocycles. The van der Waals surface area contributed by atoms with E-state index in [1.54, 1.807) is 0 Å². The van der Waals surface area contributed by atoms with Crippen LogP contribution in [-0.2, 0) is 0 Å². The van der Waals surface area contributed by atoms with E-state index in [-0.39, 0.29) is 0 Å². The summed E-state index contributed by atoms with van der Waals surface area (Å²) >= 11 is 3.55. The van der Waals surface area contributed by atoms with Crippen molar-refractivity contribution in [2.75, 3.05) is 44.2 Å². The number of halogens is 1. The number of nitrogens with zero attached hydrogens (tertiary/aromatic N) is 2. The molecule has 2 aliphatic heterocycles. The van der Waals surface area contributed by atoms with Crippen LogP contribution in [0.1, 0.15) is 12.0 Å². The molecule has 2 fully saturated rings. The van der Waals surface area contributed by atoms with Crippen LogP contribution in [0.3, 0.4) is 0 Å². The van der Waals surface area contributed by atoms with E-state index >= 15 is 0 Å². The van der Waals surface area contributed by atoms with E-state index < -0.39 is 0 Å². The molecule has 1 aromatic rings. The number of hydrogen-bond donors (Lipinski definition) is 1. The molecule has 0 radical (unpaired) electrons. The van der Waals surface area contributed by atoms with Gasteiger partial charge >= 0.3 is 0 Å². The third-order valence-corrected chi connectivity index (χ3v) is 4.80. The van der Waals surface area contributed by atoms with Gasteiger partial charge in [-0.3, -0.25) is 4.90 Å². The second-order valence-corrected chi connectivity index (χ2v) is 6.54. The molecule has 0 bridgehead atoms. The molecule has 3 nitrogen and oxygen atoms in total. The molecule has 4 heteroatoms. The van der Waals surface area contributed by atoms with Crippen molar-refractivity contribution in [3.63, 3.8) is 0 Å². The Hall–Kier alpha value is -0.580. The molecular formula is C15H22BrN3. The molecule has 1 N–H and O–H groups in total. The lowest BCUT2D eigenvalue weighted by Crippen LogP contribution is -2.57. The van der Waals surface area contributed by atoms with Crippen LogP contribution in [0.5, 0.6) is 0 Å². The van der Waals surface area contributed by atoms with Crippen LogP contribution in [0.2, 0.25) is 0 Å². The first-order valence-corrected chi connectivity index (χ1v) is 7.99. The van der Waals surface area contributed by atoms with Crippen LogP contribution < -0.4 is 10.2 Å². The zero-order valence-corrected chi connectivity index (χ0v) is 13.1. The minimum Gasteiger partial charge on any atom is -0.370 e. The van der Waals surface area contributed by atoms with Crippen LogP contribution in [0.4, 0.5) is 5.69 Å². The fraction of sp³-hybridized carbons (Fsp3) is 0.600. The minimum atomic E-state index is 0.783. The first kappa shape index (κ1) is 13.4. The van der Waals surface area contributed by atoms with Crippen LogP contribution in [0.15, 0.2) is 22.7 Å². The van der Waals surface area contributed by atoms with Gasteiger partial charge in [0.25, 0.3) is 0 Å². The van der Waals surface area contributed by atoms with Crippen molar-refractivity contribution in [1.82, 2.24) is 10.2 Å². The number of rotatable bonds is 2. The zero-order valence-electron chi connectivity index (χ0n) is 11.5. The van der Waals surface area contributed by atoms with Gasteiger partial charge < -0.3 is 10.2 Å². The van der Waals surface area contributed by atoms with Crippen molar-refractivity contribution < 1.29 is 0 Å². The summed E-state index contributed by atoms with van der Waals surface area (Å²) in [5.41, 5.74) is 2.77. The van der Waals surface area contributed by atoms with Crippen LogP contribution in [-0.4, -0.2) is 50.2 Å². The van der Waals surface area contributed by atoms with Crippen molar-refractivity contribution in [1.29, 1.82) is 0 Å². The van der Waals surface area contributed by atoms with Gasteiger partial charge in [0, 0.05) is 55.5 Å². The second-order valence-electron chi connectivity index (χ2n) is 5.62. The van der Waals surface area contributed by atoms with E-state index in [0.717, 1.165) is 12.6 Å². The standard InChI is InChI=1S/C15H22BrN3/c1-12-9-13(16)3-4-15(12)19-6-2-5-18(7-8-19)14-10-17-11-14/h3-4,9,14,17H,2,5-8,10-11H2,1H3. The maximum Gasteiger partial charge on any atom is 0.0397 e. The maximum absolute atomic E-state index is 3.55.